The third-order valence-electron chi connectivity index (χ3n) is 3.14. The highest BCUT2D eigenvalue weighted by atomic mass is 16.3. The molecule has 2 aromatic heterocycles. The molecule has 2 heterocycles. The van der Waals surface area contributed by atoms with Crippen LogP contribution in [0.4, 0.5) is 0 Å². The largest absolute Gasteiger partial charge is 0.463 e. The van der Waals surface area contributed by atoms with E-state index < -0.39 is 0 Å². The fourth-order valence-electron chi connectivity index (χ4n) is 2.18. The summed E-state index contributed by atoms with van der Waals surface area (Å²) in [7, 11) is 0. The Morgan fingerprint density at radius 3 is 2.41 bits per heavy atom. The van der Waals surface area contributed by atoms with Gasteiger partial charge in [0, 0.05) is 28.7 Å². The second kappa shape index (κ2) is 3.74. The Morgan fingerprint density at radius 2 is 1.65 bits per heavy atom. The van der Waals surface area contributed by atoms with Crippen molar-refractivity contribution >= 4 is 10.8 Å². The van der Waals surface area contributed by atoms with Gasteiger partial charge in [0.2, 0.25) is 0 Å². The van der Waals surface area contributed by atoms with Gasteiger partial charge in [-0.25, -0.2) is 0 Å². The van der Waals surface area contributed by atoms with Crippen LogP contribution in [0.3, 0.4) is 0 Å². The van der Waals surface area contributed by atoms with Gasteiger partial charge in [-0.3, -0.25) is 4.98 Å². The van der Waals surface area contributed by atoms with Crippen molar-refractivity contribution in [3.63, 3.8) is 0 Å². The molecule has 0 spiro atoms. The van der Waals surface area contributed by atoms with Crippen LogP contribution in [0.5, 0.6) is 0 Å². The summed E-state index contributed by atoms with van der Waals surface area (Å²) in [4.78, 5) is 4.03. The Bertz CT molecular complexity index is 668. The zero-order valence-corrected chi connectivity index (χ0v) is 9.90. The highest BCUT2D eigenvalue weighted by Gasteiger charge is 2.12. The van der Waals surface area contributed by atoms with Crippen LogP contribution >= 0.6 is 0 Å². The first-order valence-corrected chi connectivity index (χ1v) is 5.65. The zero-order valence-electron chi connectivity index (χ0n) is 9.90. The highest BCUT2D eigenvalue weighted by molar-refractivity contribution is 5.98. The number of hydrogen-bond acceptors (Lipinski definition) is 2. The van der Waals surface area contributed by atoms with Gasteiger partial charge in [-0.2, -0.15) is 0 Å². The average Bonchev–Trinajstić information content (AvgIpc) is 2.81. The molecule has 0 bridgehead atoms. The van der Waals surface area contributed by atoms with Crippen molar-refractivity contribution < 1.29 is 4.42 Å². The van der Waals surface area contributed by atoms with E-state index in [1.165, 1.54) is 21.9 Å². The molecule has 0 radical (unpaired) electrons. The lowest BCUT2D eigenvalue weighted by molar-refractivity contribution is 0.587. The SMILES string of the molecule is Cc1ccc(C)c2c(-c3ccncc3)occ12. The average molecular weight is 223 g/mol. The minimum Gasteiger partial charge on any atom is -0.463 e. The number of furan rings is 1. The lowest BCUT2D eigenvalue weighted by Crippen LogP contribution is -1.81. The Balaban J connectivity index is 2.36. The summed E-state index contributed by atoms with van der Waals surface area (Å²) in [6.07, 6.45) is 5.41. The quantitative estimate of drug-likeness (QED) is 0.620. The summed E-state index contributed by atoms with van der Waals surface area (Å²) < 4.78 is 5.74. The highest BCUT2D eigenvalue weighted by Crippen LogP contribution is 2.34. The summed E-state index contributed by atoms with van der Waals surface area (Å²) in [6.45, 7) is 4.22. The molecule has 0 amide bonds. The summed E-state index contributed by atoms with van der Waals surface area (Å²) in [6, 6.07) is 8.21. The normalized spacial score (nSPS) is 10.9. The van der Waals surface area contributed by atoms with E-state index in [2.05, 4.69) is 31.0 Å². The second-order valence-electron chi connectivity index (χ2n) is 4.29. The van der Waals surface area contributed by atoms with E-state index >= 15 is 0 Å². The molecule has 0 aliphatic heterocycles. The minimum absolute atomic E-state index is 0.934. The summed E-state index contributed by atoms with van der Waals surface area (Å²) in [5, 5.41) is 2.40. The molecular formula is C15H13NO. The first kappa shape index (κ1) is 10.1. The van der Waals surface area contributed by atoms with Gasteiger partial charge >= 0.3 is 0 Å². The maximum atomic E-state index is 5.74. The Kier molecular flexibility index (Phi) is 2.22. The first-order valence-electron chi connectivity index (χ1n) is 5.65. The lowest BCUT2D eigenvalue weighted by Gasteiger charge is -2.02. The Hall–Kier alpha value is -2.09. The lowest BCUT2D eigenvalue weighted by atomic mass is 10.0. The van der Waals surface area contributed by atoms with E-state index in [1.54, 1.807) is 12.4 Å². The number of hydrogen-bond donors (Lipinski definition) is 0. The minimum atomic E-state index is 0.934. The molecule has 0 fully saturated rings. The number of benzene rings is 1. The first-order chi connectivity index (χ1) is 8.27. The molecular weight excluding hydrogens is 210 g/mol. The molecule has 2 heteroatoms. The number of pyridine rings is 1. The third-order valence-corrected chi connectivity index (χ3v) is 3.14. The van der Waals surface area contributed by atoms with Crippen molar-refractivity contribution in [3.05, 3.63) is 54.0 Å². The van der Waals surface area contributed by atoms with Crippen molar-refractivity contribution in [1.29, 1.82) is 0 Å². The van der Waals surface area contributed by atoms with E-state index in [9.17, 15) is 0 Å². The second-order valence-corrected chi connectivity index (χ2v) is 4.29. The van der Waals surface area contributed by atoms with E-state index in [0.717, 1.165) is 11.3 Å². The van der Waals surface area contributed by atoms with Crippen LogP contribution in [-0.4, -0.2) is 4.98 Å². The van der Waals surface area contributed by atoms with Gasteiger partial charge in [-0.1, -0.05) is 12.1 Å². The van der Waals surface area contributed by atoms with Crippen LogP contribution in [0.15, 0.2) is 47.3 Å². The number of fused-ring (bicyclic) bond motifs is 1. The molecule has 0 N–H and O–H groups in total. The summed E-state index contributed by atoms with van der Waals surface area (Å²) >= 11 is 0. The molecule has 0 saturated carbocycles. The Morgan fingerprint density at radius 1 is 0.941 bits per heavy atom. The predicted molar refractivity (Wildman–Crippen MR) is 68.9 cm³/mol. The monoisotopic (exact) mass is 223 g/mol. The maximum absolute atomic E-state index is 5.74. The molecule has 0 atom stereocenters. The molecule has 0 aliphatic rings. The molecule has 2 nitrogen and oxygen atoms in total. The van der Waals surface area contributed by atoms with Gasteiger partial charge in [0.15, 0.2) is 0 Å². The number of aromatic nitrogens is 1. The standard InChI is InChI=1S/C15H13NO/c1-10-3-4-11(2)14-13(10)9-17-15(14)12-5-7-16-8-6-12/h3-9H,1-2H3. The molecule has 1 aromatic carbocycles. The van der Waals surface area contributed by atoms with Gasteiger partial charge < -0.3 is 4.42 Å². The molecule has 17 heavy (non-hydrogen) atoms. The molecule has 84 valence electrons. The summed E-state index contributed by atoms with van der Waals surface area (Å²) in [5.74, 6) is 0.934. The van der Waals surface area contributed by atoms with Gasteiger partial charge in [0.05, 0.1) is 6.26 Å². The van der Waals surface area contributed by atoms with Gasteiger partial charge in [0.1, 0.15) is 5.76 Å². The number of aryl methyl sites for hydroxylation is 2. The van der Waals surface area contributed by atoms with E-state index in [4.69, 9.17) is 4.42 Å². The van der Waals surface area contributed by atoms with Crippen molar-refractivity contribution in [3.8, 4) is 11.3 Å². The smallest absolute Gasteiger partial charge is 0.142 e. The van der Waals surface area contributed by atoms with Gasteiger partial charge in [-0.05, 0) is 37.1 Å². The topological polar surface area (TPSA) is 26.0 Å². The molecule has 3 rings (SSSR count). The van der Waals surface area contributed by atoms with Gasteiger partial charge in [0.25, 0.3) is 0 Å². The summed E-state index contributed by atoms with van der Waals surface area (Å²) in [5.41, 5.74) is 3.56. The van der Waals surface area contributed by atoms with Crippen LogP contribution in [0, 0.1) is 13.8 Å². The zero-order chi connectivity index (χ0) is 11.8. The molecule has 3 aromatic rings. The molecule has 0 unspecified atom stereocenters. The van der Waals surface area contributed by atoms with Crippen LogP contribution < -0.4 is 0 Å². The van der Waals surface area contributed by atoms with Crippen molar-refractivity contribution in [2.24, 2.45) is 0 Å². The number of nitrogens with zero attached hydrogens (tertiary/aromatic N) is 1. The van der Waals surface area contributed by atoms with Crippen LogP contribution in [0.1, 0.15) is 11.1 Å². The van der Waals surface area contributed by atoms with E-state index in [-0.39, 0.29) is 0 Å². The number of rotatable bonds is 1. The van der Waals surface area contributed by atoms with Crippen LogP contribution in [-0.2, 0) is 0 Å². The maximum Gasteiger partial charge on any atom is 0.142 e. The molecule has 0 aliphatic carbocycles. The predicted octanol–water partition coefficient (Wildman–Crippen LogP) is 4.11. The molecule has 0 saturated heterocycles. The van der Waals surface area contributed by atoms with Crippen molar-refractivity contribution in [2.75, 3.05) is 0 Å². The fraction of sp³-hybridized carbons (Fsp3) is 0.133. The Labute approximate surface area is 99.9 Å². The third kappa shape index (κ3) is 1.53. The van der Waals surface area contributed by atoms with E-state index in [0.29, 0.717) is 0 Å². The fourth-order valence-corrected chi connectivity index (χ4v) is 2.18. The van der Waals surface area contributed by atoms with Crippen molar-refractivity contribution in [2.45, 2.75) is 13.8 Å². The van der Waals surface area contributed by atoms with E-state index in [1.807, 2.05) is 18.4 Å². The van der Waals surface area contributed by atoms with Crippen LogP contribution in [0.2, 0.25) is 0 Å². The van der Waals surface area contributed by atoms with Crippen molar-refractivity contribution in [1.82, 2.24) is 4.98 Å². The van der Waals surface area contributed by atoms with Crippen LogP contribution in [0.25, 0.3) is 22.1 Å². The van der Waals surface area contributed by atoms with Gasteiger partial charge in [-0.15, -0.1) is 0 Å².